The van der Waals surface area contributed by atoms with E-state index in [1.807, 2.05) is 17.5 Å². The molecule has 0 aliphatic heterocycles. The highest BCUT2D eigenvalue weighted by Crippen LogP contribution is 2.31. The van der Waals surface area contributed by atoms with Gasteiger partial charge >= 0.3 is 0 Å². The maximum Gasteiger partial charge on any atom is 0.263 e. The molecule has 0 N–H and O–H groups in total. The Morgan fingerprint density at radius 1 is 1.07 bits per heavy atom. The molecule has 6 nitrogen and oxygen atoms in total. The Bertz CT molecular complexity index is 1410. The summed E-state index contributed by atoms with van der Waals surface area (Å²) in [7, 11) is 0. The third kappa shape index (κ3) is 3.40. The van der Waals surface area contributed by atoms with E-state index in [2.05, 4.69) is 15.1 Å². The van der Waals surface area contributed by atoms with Gasteiger partial charge in [0, 0.05) is 21.5 Å². The van der Waals surface area contributed by atoms with E-state index < -0.39 is 0 Å². The van der Waals surface area contributed by atoms with Crippen LogP contribution in [0.15, 0.2) is 69.6 Å². The summed E-state index contributed by atoms with van der Waals surface area (Å²) < 4.78 is 19.8. The molecule has 2 aromatic carbocycles. The standard InChI is InChI=1S/C21H12ClFN4O2S/c22-14-5-1-12(2-6-14)16-10-30-20-18(16)21(28)27(11-24-20)9-17-25-19(26-29-17)13-3-7-15(23)8-4-13/h1-8,10-11H,9H2. The lowest BCUT2D eigenvalue weighted by atomic mass is 10.1. The molecule has 5 aromatic rings. The molecular weight excluding hydrogens is 427 g/mol. The average molecular weight is 439 g/mol. The van der Waals surface area contributed by atoms with Crippen LogP contribution in [0.25, 0.3) is 32.7 Å². The van der Waals surface area contributed by atoms with Gasteiger partial charge < -0.3 is 4.52 Å². The lowest BCUT2D eigenvalue weighted by Gasteiger charge is -2.04. The summed E-state index contributed by atoms with van der Waals surface area (Å²) in [6, 6.07) is 13.1. The fourth-order valence-corrected chi connectivity index (χ4v) is 4.14. The summed E-state index contributed by atoms with van der Waals surface area (Å²) in [5, 5.41) is 6.98. The monoisotopic (exact) mass is 438 g/mol. The second-order valence-corrected chi connectivity index (χ2v) is 7.83. The number of thiophene rings is 1. The number of hydrogen-bond acceptors (Lipinski definition) is 6. The molecule has 0 aliphatic carbocycles. The van der Waals surface area contributed by atoms with Crippen molar-refractivity contribution in [1.29, 1.82) is 0 Å². The number of aromatic nitrogens is 4. The number of fused-ring (bicyclic) bond motifs is 1. The molecule has 9 heteroatoms. The number of halogens is 2. The first-order valence-corrected chi connectivity index (χ1v) is 10.2. The van der Waals surface area contributed by atoms with Crippen molar-refractivity contribution in [3.63, 3.8) is 0 Å². The van der Waals surface area contributed by atoms with Gasteiger partial charge in [0.1, 0.15) is 17.2 Å². The number of nitrogens with zero attached hydrogens (tertiary/aromatic N) is 4. The second-order valence-electron chi connectivity index (χ2n) is 6.53. The Morgan fingerprint density at radius 2 is 1.80 bits per heavy atom. The van der Waals surface area contributed by atoms with E-state index >= 15 is 0 Å². The zero-order chi connectivity index (χ0) is 20.7. The largest absolute Gasteiger partial charge is 0.337 e. The van der Waals surface area contributed by atoms with Crippen LogP contribution in [0.1, 0.15) is 5.89 Å². The van der Waals surface area contributed by atoms with Crippen molar-refractivity contribution in [2.75, 3.05) is 0 Å². The fourth-order valence-electron chi connectivity index (χ4n) is 3.10. The predicted molar refractivity (Wildman–Crippen MR) is 113 cm³/mol. The van der Waals surface area contributed by atoms with Gasteiger partial charge in [-0.25, -0.2) is 9.37 Å². The van der Waals surface area contributed by atoms with E-state index in [1.54, 1.807) is 24.3 Å². The van der Waals surface area contributed by atoms with E-state index in [-0.39, 0.29) is 23.8 Å². The number of hydrogen-bond donors (Lipinski definition) is 0. The van der Waals surface area contributed by atoms with Crippen molar-refractivity contribution in [3.8, 4) is 22.5 Å². The van der Waals surface area contributed by atoms with Gasteiger partial charge in [0.05, 0.1) is 11.7 Å². The molecule has 3 heterocycles. The normalized spacial score (nSPS) is 11.3. The van der Waals surface area contributed by atoms with E-state index in [4.69, 9.17) is 16.1 Å². The summed E-state index contributed by atoms with van der Waals surface area (Å²) in [6.07, 6.45) is 1.47. The maximum absolute atomic E-state index is 13.1. The molecule has 0 amide bonds. The van der Waals surface area contributed by atoms with Crippen molar-refractivity contribution >= 4 is 33.2 Å². The Morgan fingerprint density at radius 3 is 2.57 bits per heavy atom. The Balaban J connectivity index is 1.50. The first kappa shape index (κ1) is 18.7. The van der Waals surface area contributed by atoms with Gasteiger partial charge in [-0.1, -0.05) is 28.9 Å². The highest BCUT2D eigenvalue weighted by molar-refractivity contribution is 7.17. The highest BCUT2D eigenvalue weighted by atomic mass is 35.5. The molecule has 0 saturated heterocycles. The molecule has 30 heavy (non-hydrogen) atoms. The van der Waals surface area contributed by atoms with Gasteiger partial charge in [-0.3, -0.25) is 9.36 Å². The van der Waals surface area contributed by atoms with Crippen molar-refractivity contribution in [2.24, 2.45) is 0 Å². The van der Waals surface area contributed by atoms with Crippen LogP contribution in [-0.2, 0) is 6.54 Å². The van der Waals surface area contributed by atoms with Crippen LogP contribution in [0.3, 0.4) is 0 Å². The summed E-state index contributed by atoms with van der Waals surface area (Å²) in [4.78, 5) is 22.5. The quantitative estimate of drug-likeness (QED) is 0.394. The van der Waals surface area contributed by atoms with Crippen LogP contribution >= 0.6 is 22.9 Å². The van der Waals surface area contributed by atoms with Crippen molar-refractivity contribution in [1.82, 2.24) is 19.7 Å². The van der Waals surface area contributed by atoms with Crippen LogP contribution in [0.5, 0.6) is 0 Å². The van der Waals surface area contributed by atoms with Crippen LogP contribution in [0.2, 0.25) is 5.02 Å². The topological polar surface area (TPSA) is 73.8 Å². The summed E-state index contributed by atoms with van der Waals surface area (Å²) in [5.41, 5.74) is 2.11. The van der Waals surface area contributed by atoms with Crippen LogP contribution in [0.4, 0.5) is 4.39 Å². The van der Waals surface area contributed by atoms with E-state index in [1.165, 1.54) is 34.4 Å². The minimum Gasteiger partial charge on any atom is -0.337 e. The smallest absolute Gasteiger partial charge is 0.263 e. The lowest BCUT2D eigenvalue weighted by Crippen LogP contribution is -2.21. The number of rotatable bonds is 4. The minimum absolute atomic E-state index is 0.0753. The van der Waals surface area contributed by atoms with Gasteiger partial charge in [-0.15, -0.1) is 11.3 Å². The zero-order valence-electron chi connectivity index (χ0n) is 15.3. The average Bonchev–Trinajstić information content (AvgIpc) is 3.39. The Labute approximate surface area is 178 Å². The van der Waals surface area contributed by atoms with Crippen molar-refractivity contribution in [2.45, 2.75) is 6.54 Å². The molecule has 5 rings (SSSR count). The third-order valence-corrected chi connectivity index (χ3v) is 5.73. The van der Waals surface area contributed by atoms with Crippen molar-refractivity contribution in [3.05, 3.63) is 87.3 Å². The Hall–Kier alpha value is -3.36. The first-order chi connectivity index (χ1) is 14.6. The van der Waals surface area contributed by atoms with E-state index in [9.17, 15) is 9.18 Å². The minimum atomic E-state index is -0.347. The lowest BCUT2D eigenvalue weighted by molar-refractivity contribution is 0.369. The van der Waals surface area contributed by atoms with Gasteiger partial charge in [-0.05, 0) is 42.0 Å². The van der Waals surface area contributed by atoms with Gasteiger partial charge in [0.25, 0.3) is 5.56 Å². The molecule has 0 fully saturated rings. The maximum atomic E-state index is 13.1. The van der Waals surface area contributed by atoms with Gasteiger partial charge in [-0.2, -0.15) is 4.98 Å². The molecule has 0 bridgehead atoms. The van der Waals surface area contributed by atoms with E-state index in [0.29, 0.717) is 26.6 Å². The van der Waals surface area contributed by atoms with E-state index in [0.717, 1.165) is 11.1 Å². The van der Waals surface area contributed by atoms with Crippen molar-refractivity contribution < 1.29 is 8.91 Å². The summed E-state index contributed by atoms with van der Waals surface area (Å²) in [6.45, 7) is 0.0753. The summed E-state index contributed by atoms with van der Waals surface area (Å²) in [5.74, 6) is 0.228. The predicted octanol–water partition coefficient (Wildman–Crippen LogP) is 5.02. The molecule has 0 spiro atoms. The molecule has 0 aliphatic rings. The molecular formula is C21H12ClFN4O2S. The summed E-state index contributed by atoms with van der Waals surface area (Å²) >= 11 is 7.38. The SMILES string of the molecule is O=c1c2c(-c3ccc(Cl)cc3)csc2ncn1Cc1nc(-c2ccc(F)cc2)no1. The van der Waals surface area contributed by atoms with Crippen LogP contribution < -0.4 is 5.56 Å². The Kier molecular flexibility index (Phi) is 4.65. The molecule has 0 atom stereocenters. The first-order valence-electron chi connectivity index (χ1n) is 8.89. The zero-order valence-corrected chi connectivity index (χ0v) is 16.8. The second kappa shape index (κ2) is 7.47. The van der Waals surface area contributed by atoms with Gasteiger partial charge in [0.15, 0.2) is 0 Å². The number of benzene rings is 2. The van der Waals surface area contributed by atoms with Gasteiger partial charge in [0.2, 0.25) is 11.7 Å². The molecule has 0 unspecified atom stereocenters. The highest BCUT2D eigenvalue weighted by Gasteiger charge is 2.15. The fraction of sp³-hybridized carbons (Fsp3) is 0.0476. The van der Waals surface area contributed by atoms with Crippen LogP contribution in [-0.4, -0.2) is 19.7 Å². The third-order valence-electron chi connectivity index (χ3n) is 4.59. The molecule has 148 valence electrons. The molecule has 3 aromatic heterocycles. The molecule has 0 radical (unpaired) electrons. The van der Waals surface area contributed by atoms with Crippen LogP contribution in [0, 0.1) is 5.82 Å². The molecule has 0 saturated carbocycles.